The van der Waals surface area contributed by atoms with E-state index in [1.807, 2.05) is 57.2 Å². The molecule has 4 heteroatoms. The van der Waals surface area contributed by atoms with Crippen molar-refractivity contribution >= 4 is 38.5 Å². The molecule has 1 amide bonds. The van der Waals surface area contributed by atoms with Gasteiger partial charge in [-0.25, -0.2) is 4.79 Å². The molecule has 0 fully saturated rings. The lowest BCUT2D eigenvalue weighted by Crippen LogP contribution is -2.45. The Morgan fingerprint density at radius 3 is 2.21 bits per heavy atom. The van der Waals surface area contributed by atoms with Gasteiger partial charge in [0.15, 0.2) is 0 Å². The first-order chi connectivity index (χ1) is 8.82. The quantitative estimate of drug-likeness (QED) is 0.812. The van der Waals surface area contributed by atoms with Gasteiger partial charge in [-0.05, 0) is 38.3 Å². The van der Waals surface area contributed by atoms with Crippen molar-refractivity contribution in [3.8, 4) is 0 Å². The lowest BCUT2D eigenvalue weighted by atomic mass is 10.0. The van der Waals surface area contributed by atoms with Crippen molar-refractivity contribution in [3.05, 3.63) is 40.9 Å². The van der Waals surface area contributed by atoms with Crippen molar-refractivity contribution in [2.75, 3.05) is 4.90 Å². The molecule has 19 heavy (non-hydrogen) atoms. The van der Waals surface area contributed by atoms with Crippen molar-refractivity contribution in [1.82, 2.24) is 0 Å². The van der Waals surface area contributed by atoms with Gasteiger partial charge in [-0.1, -0.05) is 40.2 Å². The zero-order valence-electron chi connectivity index (χ0n) is 11.1. The van der Waals surface area contributed by atoms with Crippen LogP contribution in [0, 0.1) is 0 Å². The Kier molecular flexibility index (Phi) is 3.54. The van der Waals surface area contributed by atoms with Gasteiger partial charge in [0.05, 0.1) is 5.69 Å². The predicted octanol–water partition coefficient (Wildman–Crippen LogP) is 4.89. The average molecular weight is 322 g/mol. The minimum Gasteiger partial charge on any atom is -0.465 e. The molecule has 1 N–H and O–H groups in total. The van der Waals surface area contributed by atoms with E-state index in [0.29, 0.717) is 5.69 Å². The lowest BCUT2D eigenvalue weighted by molar-refractivity contribution is 0.196. The monoisotopic (exact) mass is 321 g/mol. The fourth-order valence-electron chi connectivity index (χ4n) is 2.19. The van der Waals surface area contributed by atoms with Gasteiger partial charge in [-0.2, -0.15) is 0 Å². The average Bonchev–Trinajstić information content (AvgIpc) is 2.31. The minimum absolute atomic E-state index is 0.498. The number of halogens is 1. The summed E-state index contributed by atoms with van der Waals surface area (Å²) >= 11 is 3.50. The van der Waals surface area contributed by atoms with E-state index >= 15 is 0 Å². The number of fused-ring (bicyclic) bond motifs is 1. The van der Waals surface area contributed by atoms with E-state index in [1.54, 1.807) is 0 Å². The molecular formula is C15H16BrNO2. The van der Waals surface area contributed by atoms with Crippen LogP contribution in [-0.2, 0) is 0 Å². The third kappa shape index (κ3) is 2.59. The van der Waals surface area contributed by atoms with Crippen molar-refractivity contribution in [2.24, 2.45) is 0 Å². The first-order valence-electron chi connectivity index (χ1n) is 6.03. The Morgan fingerprint density at radius 2 is 1.68 bits per heavy atom. The van der Waals surface area contributed by atoms with Crippen LogP contribution >= 0.6 is 15.9 Å². The first-order valence-corrected chi connectivity index (χ1v) is 6.82. The van der Waals surface area contributed by atoms with Crippen LogP contribution in [0.2, 0.25) is 0 Å². The molecule has 2 aromatic rings. The normalized spacial score (nSPS) is 11.6. The SMILES string of the molecule is CC(C)(C)N(C(=O)O)c1ccc(Br)c2ccccc12. The second-order valence-corrected chi connectivity index (χ2v) is 6.26. The van der Waals surface area contributed by atoms with E-state index in [0.717, 1.165) is 15.2 Å². The fraction of sp³-hybridized carbons (Fsp3) is 0.267. The third-order valence-corrected chi connectivity index (χ3v) is 3.64. The zero-order chi connectivity index (χ0) is 14.2. The van der Waals surface area contributed by atoms with E-state index in [-0.39, 0.29) is 0 Å². The van der Waals surface area contributed by atoms with Crippen molar-refractivity contribution in [3.63, 3.8) is 0 Å². The smallest absolute Gasteiger partial charge is 0.412 e. The molecule has 0 heterocycles. The van der Waals surface area contributed by atoms with Gasteiger partial charge in [-0.3, -0.25) is 4.90 Å². The number of anilines is 1. The molecule has 0 aliphatic rings. The van der Waals surface area contributed by atoms with Gasteiger partial charge in [0.1, 0.15) is 0 Å². The Bertz CT molecular complexity index is 632. The second kappa shape index (κ2) is 4.85. The van der Waals surface area contributed by atoms with E-state index in [4.69, 9.17) is 0 Å². The Hall–Kier alpha value is -1.55. The summed E-state index contributed by atoms with van der Waals surface area (Å²) in [7, 11) is 0. The van der Waals surface area contributed by atoms with Gasteiger partial charge in [-0.15, -0.1) is 0 Å². The highest BCUT2D eigenvalue weighted by Gasteiger charge is 2.29. The fourth-order valence-corrected chi connectivity index (χ4v) is 2.67. The summed E-state index contributed by atoms with van der Waals surface area (Å²) in [4.78, 5) is 13.0. The van der Waals surface area contributed by atoms with Crippen LogP contribution in [0.5, 0.6) is 0 Å². The third-order valence-electron chi connectivity index (χ3n) is 2.95. The molecule has 0 saturated carbocycles. The Balaban J connectivity index is 2.75. The molecule has 0 spiro atoms. The zero-order valence-corrected chi connectivity index (χ0v) is 12.7. The van der Waals surface area contributed by atoms with Gasteiger partial charge in [0.25, 0.3) is 0 Å². The minimum atomic E-state index is -0.944. The number of benzene rings is 2. The summed E-state index contributed by atoms with van der Waals surface area (Å²) in [6.45, 7) is 5.66. The van der Waals surface area contributed by atoms with Crippen LogP contribution in [0.15, 0.2) is 40.9 Å². The van der Waals surface area contributed by atoms with Crippen LogP contribution in [-0.4, -0.2) is 16.7 Å². The van der Waals surface area contributed by atoms with Crippen LogP contribution in [0.1, 0.15) is 20.8 Å². The van der Waals surface area contributed by atoms with Crippen LogP contribution in [0.4, 0.5) is 10.5 Å². The van der Waals surface area contributed by atoms with E-state index in [9.17, 15) is 9.90 Å². The van der Waals surface area contributed by atoms with Crippen molar-refractivity contribution < 1.29 is 9.90 Å². The Morgan fingerprint density at radius 1 is 1.11 bits per heavy atom. The molecule has 0 aliphatic carbocycles. The molecule has 0 saturated heterocycles. The molecule has 100 valence electrons. The van der Waals surface area contributed by atoms with Gasteiger partial charge in [0, 0.05) is 15.4 Å². The van der Waals surface area contributed by atoms with Gasteiger partial charge >= 0.3 is 6.09 Å². The van der Waals surface area contributed by atoms with Crippen molar-refractivity contribution in [2.45, 2.75) is 26.3 Å². The highest BCUT2D eigenvalue weighted by atomic mass is 79.9. The Labute approximate surface area is 121 Å². The first kappa shape index (κ1) is 13.9. The maximum absolute atomic E-state index is 11.6. The largest absolute Gasteiger partial charge is 0.465 e. The number of amides is 1. The molecule has 0 aliphatic heterocycles. The maximum atomic E-state index is 11.6. The number of nitrogens with zero attached hydrogens (tertiary/aromatic N) is 1. The summed E-state index contributed by atoms with van der Waals surface area (Å²) in [5.41, 5.74) is 0.210. The van der Waals surface area contributed by atoms with Crippen LogP contribution in [0.25, 0.3) is 10.8 Å². The second-order valence-electron chi connectivity index (χ2n) is 5.40. The van der Waals surface area contributed by atoms with Crippen LogP contribution < -0.4 is 4.90 Å². The topological polar surface area (TPSA) is 40.5 Å². The molecule has 0 aromatic heterocycles. The van der Waals surface area contributed by atoms with E-state index in [2.05, 4.69) is 15.9 Å². The summed E-state index contributed by atoms with van der Waals surface area (Å²) in [5.74, 6) is 0. The maximum Gasteiger partial charge on any atom is 0.412 e. The number of hydrogen-bond acceptors (Lipinski definition) is 1. The summed E-state index contributed by atoms with van der Waals surface area (Å²) in [5, 5.41) is 11.4. The van der Waals surface area contributed by atoms with Gasteiger partial charge in [0.2, 0.25) is 0 Å². The summed E-state index contributed by atoms with van der Waals surface area (Å²) < 4.78 is 0.964. The van der Waals surface area contributed by atoms with E-state index in [1.165, 1.54) is 4.90 Å². The van der Waals surface area contributed by atoms with Crippen molar-refractivity contribution in [1.29, 1.82) is 0 Å². The number of rotatable bonds is 1. The number of hydrogen-bond donors (Lipinski definition) is 1. The lowest BCUT2D eigenvalue weighted by Gasteiger charge is -2.34. The molecule has 3 nitrogen and oxygen atoms in total. The highest BCUT2D eigenvalue weighted by Crippen LogP contribution is 2.35. The summed E-state index contributed by atoms with van der Waals surface area (Å²) in [6.07, 6.45) is -0.944. The predicted molar refractivity (Wildman–Crippen MR) is 81.9 cm³/mol. The highest BCUT2D eigenvalue weighted by molar-refractivity contribution is 9.10. The standard InChI is InChI=1S/C15H16BrNO2/c1-15(2,3)17(14(18)19)13-9-8-12(16)10-6-4-5-7-11(10)13/h4-9H,1-3H3,(H,18,19). The number of carbonyl (C=O) groups is 1. The summed E-state index contributed by atoms with van der Waals surface area (Å²) in [6, 6.07) is 11.5. The van der Waals surface area contributed by atoms with Crippen LogP contribution in [0.3, 0.4) is 0 Å². The molecule has 0 atom stereocenters. The molecule has 2 rings (SSSR count). The number of carboxylic acid groups (broad SMARTS) is 1. The van der Waals surface area contributed by atoms with Gasteiger partial charge < -0.3 is 5.11 Å². The molecule has 0 unspecified atom stereocenters. The molecule has 0 radical (unpaired) electrons. The molecule has 0 bridgehead atoms. The molecular weight excluding hydrogens is 306 g/mol. The molecule has 2 aromatic carbocycles. The van der Waals surface area contributed by atoms with E-state index < -0.39 is 11.6 Å².